The van der Waals surface area contributed by atoms with Crippen LogP contribution in [0, 0.1) is 17.7 Å². The van der Waals surface area contributed by atoms with Crippen LogP contribution in [0.4, 0.5) is 14.0 Å². The molecule has 1 aromatic rings. The normalized spacial score (nSPS) is 21.2. The molecule has 37 heavy (non-hydrogen) atoms. The van der Waals surface area contributed by atoms with Crippen LogP contribution in [0.25, 0.3) is 0 Å². The second-order valence-corrected chi connectivity index (χ2v) is 10.4. The van der Waals surface area contributed by atoms with Gasteiger partial charge in [-0.15, -0.1) is 0 Å². The number of aliphatic hydroxyl groups excluding tert-OH is 1. The maximum Gasteiger partial charge on any atom is 0.404 e. The quantitative estimate of drug-likeness (QED) is 0.271. The average Bonchev–Trinajstić information content (AvgIpc) is 2.90. The highest BCUT2D eigenvalue weighted by Gasteiger charge is 2.35. The zero-order chi connectivity index (χ0) is 26.8. The molecule has 2 fully saturated rings. The van der Waals surface area contributed by atoms with Gasteiger partial charge in [-0.25, -0.2) is 14.0 Å². The number of nitrogens with one attached hydrogen (secondary N) is 3. The fourth-order valence-electron chi connectivity index (χ4n) is 5.54. The number of rotatable bonds is 11. The van der Waals surface area contributed by atoms with E-state index in [1.807, 2.05) is 0 Å². The van der Waals surface area contributed by atoms with Crippen molar-refractivity contribution in [1.82, 2.24) is 20.9 Å². The van der Waals surface area contributed by atoms with E-state index >= 15 is 0 Å². The Balaban J connectivity index is 1.69. The largest absolute Gasteiger partial charge is 0.465 e. The van der Waals surface area contributed by atoms with Crippen LogP contribution in [0.15, 0.2) is 18.2 Å². The van der Waals surface area contributed by atoms with Crippen molar-refractivity contribution in [3.05, 3.63) is 34.6 Å². The Kier molecular flexibility index (Phi) is 11.7. The topological polar surface area (TPSA) is 123 Å². The van der Waals surface area contributed by atoms with Crippen LogP contribution in [0.3, 0.4) is 0 Å². The Bertz CT molecular complexity index is 889. The van der Waals surface area contributed by atoms with E-state index in [1.54, 1.807) is 24.1 Å². The number of nitrogens with zero attached hydrogens (tertiary/aromatic N) is 1. The first-order chi connectivity index (χ1) is 17.8. The number of likely N-dealkylation sites (tertiary alicyclic amines) is 1. The Morgan fingerprint density at radius 3 is 2.62 bits per heavy atom. The molecule has 5 N–H and O–H groups in total. The summed E-state index contributed by atoms with van der Waals surface area (Å²) in [5.74, 6) is -0.626. The Hall–Kier alpha value is -2.14. The van der Waals surface area contributed by atoms with E-state index in [4.69, 9.17) is 21.4 Å². The molecular formula is C26H40ClFN4O5. The van der Waals surface area contributed by atoms with E-state index in [9.17, 15) is 19.1 Å². The van der Waals surface area contributed by atoms with Gasteiger partial charge in [0.1, 0.15) is 5.82 Å². The Morgan fingerprint density at radius 1 is 1.19 bits per heavy atom. The highest BCUT2D eigenvalue weighted by molar-refractivity contribution is 6.30. The summed E-state index contributed by atoms with van der Waals surface area (Å²) >= 11 is 6.03. The smallest absolute Gasteiger partial charge is 0.404 e. The van der Waals surface area contributed by atoms with Gasteiger partial charge >= 0.3 is 12.1 Å². The molecule has 208 valence electrons. The SMILES string of the molecule is CNC[C@@H](NC(=O)N1CCC[C@@H](C(OCCNC(=O)O)c2cccc(Cl)c2F)C1)[C@H](O)C1CCCCC1. The number of urea groups is 1. The van der Waals surface area contributed by atoms with Crippen LogP contribution in [0.2, 0.25) is 5.02 Å². The first-order valence-corrected chi connectivity index (χ1v) is 13.6. The van der Waals surface area contributed by atoms with E-state index in [-0.39, 0.29) is 41.6 Å². The van der Waals surface area contributed by atoms with E-state index in [0.29, 0.717) is 32.5 Å². The maximum absolute atomic E-state index is 15.0. The summed E-state index contributed by atoms with van der Waals surface area (Å²) in [5.41, 5.74) is 0.288. The number of piperidine rings is 1. The molecule has 3 rings (SSSR count). The third kappa shape index (κ3) is 8.43. The van der Waals surface area contributed by atoms with E-state index in [2.05, 4.69) is 16.0 Å². The maximum atomic E-state index is 15.0. The Morgan fingerprint density at radius 2 is 1.92 bits per heavy atom. The molecule has 1 unspecified atom stereocenters. The van der Waals surface area contributed by atoms with E-state index in [1.165, 1.54) is 12.5 Å². The molecule has 3 amide bonds. The lowest BCUT2D eigenvalue weighted by Gasteiger charge is -2.39. The van der Waals surface area contributed by atoms with Crippen molar-refractivity contribution in [2.24, 2.45) is 11.8 Å². The van der Waals surface area contributed by atoms with Crippen LogP contribution in [-0.4, -0.2) is 79.2 Å². The lowest BCUT2D eigenvalue weighted by molar-refractivity contribution is -0.0111. The van der Waals surface area contributed by atoms with Crippen LogP contribution < -0.4 is 16.0 Å². The number of carboxylic acid groups (broad SMARTS) is 1. The minimum absolute atomic E-state index is 0.0215. The minimum Gasteiger partial charge on any atom is -0.465 e. The third-order valence-corrected chi connectivity index (χ3v) is 7.71. The van der Waals surface area contributed by atoms with Crippen molar-refractivity contribution in [2.75, 3.05) is 39.8 Å². The van der Waals surface area contributed by atoms with Gasteiger partial charge in [-0.05, 0) is 44.7 Å². The molecule has 0 spiro atoms. The van der Waals surface area contributed by atoms with Crippen LogP contribution in [-0.2, 0) is 4.74 Å². The van der Waals surface area contributed by atoms with E-state index < -0.39 is 30.2 Å². The summed E-state index contributed by atoms with van der Waals surface area (Å²) in [4.78, 5) is 25.8. The molecule has 1 saturated heterocycles. The molecule has 0 aromatic heterocycles. The second kappa shape index (κ2) is 14.7. The third-order valence-electron chi connectivity index (χ3n) is 7.41. The van der Waals surface area contributed by atoms with Gasteiger partial charge < -0.3 is 35.8 Å². The number of hydrogen-bond acceptors (Lipinski definition) is 5. The number of benzene rings is 1. The molecule has 11 heteroatoms. The number of halogens is 2. The lowest BCUT2D eigenvalue weighted by atomic mass is 9.82. The average molecular weight is 543 g/mol. The number of carbonyl (C=O) groups excluding carboxylic acids is 1. The van der Waals surface area contributed by atoms with Crippen molar-refractivity contribution in [3.63, 3.8) is 0 Å². The van der Waals surface area contributed by atoms with Crippen molar-refractivity contribution in [3.8, 4) is 0 Å². The van der Waals surface area contributed by atoms with Gasteiger partial charge in [0.25, 0.3) is 0 Å². The fraction of sp³-hybridized carbons (Fsp3) is 0.692. The molecule has 0 radical (unpaired) electrons. The Labute approximate surface area is 223 Å². The van der Waals surface area contributed by atoms with Gasteiger partial charge in [0.05, 0.1) is 29.9 Å². The minimum atomic E-state index is -1.17. The zero-order valence-electron chi connectivity index (χ0n) is 21.4. The first-order valence-electron chi connectivity index (χ1n) is 13.2. The van der Waals surface area contributed by atoms with Gasteiger partial charge in [-0.1, -0.05) is 43.0 Å². The molecular weight excluding hydrogens is 503 g/mol. The molecule has 1 aliphatic carbocycles. The number of likely N-dealkylation sites (N-methyl/N-ethyl adjacent to an activating group) is 1. The number of aliphatic hydroxyl groups is 1. The number of hydrogen-bond donors (Lipinski definition) is 5. The number of carbonyl (C=O) groups is 2. The standard InChI is InChI=1S/C26H40ClFN4O5/c1-29-15-21(23(33)17-7-3-2-4-8-17)31-25(34)32-13-6-9-18(16-32)24(37-14-12-30-26(35)36)19-10-5-11-20(27)22(19)28/h5,10-11,17-18,21,23-24,29-30,33H,2-4,6-9,12-16H2,1H3,(H,31,34)(H,35,36)/t18-,21-,23-,24?/m1/s1. The van der Waals surface area contributed by atoms with Gasteiger partial charge in [-0.2, -0.15) is 0 Å². The molecule has 1 aliphatic heterocycles. The molecule has 1 saturated carbocycles. The number of amides is 3. The van der Waals surface area contributed by atoms with Crippen LogP contribution >= 0.6 is 11.6 Å². The second-order valence-electron chi connectivity index (χ2n) is 10.0. The van der Waals surface area contributed by atoms with Crippen molar-refractivity contribution < 1.29 is 28.9 Å². The van der Waals surface area contributed by atoms with Crippen LogP contribution in [0.1, 0.15) is 56.6 Å². The zero-order valence-corrected chi connectivity index (χ0v) is 22.2. The summed E-state index contributed by atoms with van der Waals surface area (Å²) in [5, 5.41) is 28.2. The number of ether oxygens (including phenoxy) is 1. The summed E-state index contributed by atoms with van der Waals surface area (Å²) in [6.07, 6.45) is 4.21. The highest BCUT2D eigenvalue weighted by atomic mass is 35.5. The molecule has 0 bridgehead atoms. The predicted molar refractivity (Wildman–Crippen MR) is 139 cm³/mol. The van der Waals surface area contributed by atoms with Gasteiger partial charge in [-0.3, -0.25) is 0 Å². The van der Waals surface area contributed by atoms with Gasteiger partial charge in [0.2, 0.25) is 0 Å². The summed E-state index contributed by atoms with van der Waals surface area (Å²) < 4.78 is 21.0. The van der Waals surface area contributed by atoms with Crippen LogP contribution in [0.5, 0.6) is 0 Å². The lowest BCUT2D eigenvalue weighted by Crippen LogP contribution is -2.56. The molecule has 9 nitrogen and oxygen atoms in total. The summed E-state index contributed by atoms with van der Waals surface area (Å²) in [7, 11) is 1.80. The summed E-state index contributed by atoms with van der Waals surface area (Å²) in [6.45, 7) is 1.43. The molecule has 2 aliphatic rings. The van der Waals surface area contributed by atoms with Gasteiger partial charge in [0, 0.05) is 37.7 Å². The van der Waals surface area contributed by atoms with Crippen molar-refractivity contribution in [2.45, 2.75) is 63.2 Å². The molecule has 1 aromatic carbocycles. The van der Waals surface area contributed by atoms with Gasteiger partial charge in [0.15, 0.2) is 0 Å². The first kappa shape index (κ1) is 29.4. The predicted octanol–water partition coefficient (Wildman–Crippen LogP) is 3.76. The van der Waals surface area contributed by atoms with Crippen molar-refractivity contribution >= 4 is 23.7 Å². The molecule has 1 heterocycles. The fourth-order valence-corrected chi connectivity index (χ4v) is 5.72. The summed E-state index contributed by atoms with van der Waals surface area (Å²) in [6, 6.07) is 4.04. The highest BCUT2D eigenvalue weighted by Crippen LogP contribution is 2.36. The monoisotopic (exact) mass is 542 g/mol. The van der Waals surface area contributed by atoms with E-state index in [0.717, 1.165) is 25.7 Å². The molecule has 4 atom stereocenters. The van der Waals surface area contributed by atoms with Crippen molar-refractivity contribution in [1.29, 1.82) is 0 Å².